The first-order valence-corrected chi connectivity index (χ1v) is 10.6. The molecule has 9 heteroatoms. The summed E-state index contributed by atoms with van der Waals surface area (Å²) >= 11 is 11.2. The number of nitrogens with zero attached hydrogens (tertiary/aromatic N) is 2. The molecule has 1 amide bonds. The van der Waals surface area contributed by atoms with E-state index in [1.165, 1.54) is 11.5 Å². The van der Waals surface area contributed by atoms with Gasteiger partial charge in [0, 0.05) is 23.7 Å². The number of carbonyl (C=O) groups excluding carboxylic acids is 1. The molecule has 1 aliphatic heterocycles. The van der Waals surface area contributed by atoms with Crippen molar-refractivity contribution in [3.8, 4) is 11.6 Å². The van der Waals surface area contributed by atoms with Gasteiger partial charge in [0.25, 0.3) is 5.56 Å². The molecule has 0 saturated carbocycles. The van der Waals surface area contributed by atoms with Crippen LogP contribution >= 0.6 is 23.8 Å². The summed E-state index contributed by atoms with van der Waals surface area (Å²) in [5, 5.41) is 16.0. The predicted octanol–water partition coefficient (Wildman–Crippen LogP) is 2.61. The van der Waals surface area contributed by atoms with Gasteiger partial charge < -0.3 is 10.4 Å². The largest absolute Gasteiger partial charge is 0.494 e. The van der Waals surface area contributed by atoms with Crippen molar-refractivity contribution >= 4 is 41.4 Å². The molecule has 3 N–H and O–H groups in total. The van der Waals surface area contributed by atoms with Crippen LogP contribution in [0.5, 0.6) is 5.88 Å². The van der Waals surface area contributed by atoms with Crippen LogP contribution < -0.4 is 21.5 Å². The fourth-order valence-electron chi connectivity index (χ4n) is 3.54. The number of halogens is 1. The number of nitrogens with one attached hydrogen (secondary N) is 2. The first-order valence-electron chi connectivity index (χ1n) is 9.83. The third-order valence-corrected chi connectivity index (χ3v) is 5.55. The van der Waals surface area contributed by atoms with Crippen LogP contribution in [-0.4, -0.2) is 27.1 Å². The van der Waals surface area contributed by atoms with Crippen LogP contribution in [0.15, 0.2) is 64.0 Å². The van der Waals surface area contributed by atoms with E-state index in [1.54, 1.807) is 30.3 Å². The summed E-state index contributed by atoms with van der Waals surface area (Å²) in [7, 11) is 0. The van der Waals surface area contributed by atoms with Gasteiger partial charge in [-0.25, -0.2) is 4.99 Å². The Bertz CT molecular complexity index is 1490. The first kappa shape index (κ1) is 21.7. The Morgan fingerprint density at radius 1 is 1.25 bits per heavy atom. The highest BCUT2D eigenvalue weighted by atomic mass is 35.5. The Morgan fingerprint density at radius 3 is 2.69 bits per heavy atom. The second-order valence-corrected chi connectivity index (χ2v) is 8.00. The van der Waals surface area contributed by atoms with Gasteiger partial charge in [0.2, 0.25) is 11.8 Å². The van der Waals surface area contributed by atoms with E-state index in [1.807, 2.05) is 24.3 Å². The van der Waals surface area contributed by atoms with Gasteiger partial charge in [-0.1, -0.05) is 29.8 Å². The molecule has 4 rings (SSSR count). The number of amides is 1. The molecule has 2 aromatic carbocycles. The lowest BCUT2D eigenvalue weighted by atomic mass is 10.1. The van der Waals surface area contributed by atoms with E-state index in [9.17, 15) is 14.7 Å². The van der Waals surface area contributed by atoms with Gasteiger partial charge in [-0.3, -0.25) is 19.1 Å². The number of hydrogen-bond acceptors (Lipinski definition) is 5. The zero-order valence-electron chi connectivity index (χ0n) is 17.1. The van der Waals surface area contributed by atoms with E-state index in [-0.39, 0.29) is 22.1 Å². The Labute approximate surface area is 193 Å². The topological polar surface area (TPSA) is 99.5 Å². The molecule has 32 heavy (non-hydrogen) atoms. The van der Waals surface area contributed by atoms with Gasteiger partial charge in [0.05, 0.1) is 16.7 Å². The molecule has 0 aliphatic carbocycles. The summed E-state index contributed by atoms with van der Waals surface area (Å²) in [6, 6.07) is 14.3. The van der Waals surface area contributed by atoms with Gasteiger partial charge in [-0.05, 0) is 60.6 Å². The SMILES string of the molecule is CC(=O)NCCC1=c2ccccc2=NC1=Cc1c(O)n(-c2ccc(Cl)cc2)c(=S)[nH]c1=O. The molecule has 0 atom stereocenters. The number of benzene rings is 2. The van der Waals surface area contributed by atoms with Crippen LogP contribution in [0.1, 0.15) is 18.9 Å². The summed E-state index contributed by atoms with van der Waals surface area (Å²) in [6.45, 7) is 1.88. The minimum Gasteiger partial charge on any atom is -0.494 e. The van der Waals surface area contributed by atoms with E-state index < -0.39 is 5.56 Å². The third-order valence-electron chi connectivity index (χ3n) is 5.01. The van der Waals surface area contributed by atoms with Crippen LogP contribution in [0, 0.1) is 4.77 Å². The fraction of sp³-hybridized carbons (Fsp3) is 0.130. The molecular weight excluding hydrogens is 448 g/mol. The Hall–Kier alpha value is -3.49. The van der Waals surface area contributed by atoms with E-state index in [0.29, 0.717) is 29.4 Å². The molecule has 0 spiro atoms. The van der Waals surface area contributed by atoms with Crippen LogP contribution in [0.4, 0.5) is 0 Å². The normalized spacial score (nSPS) is 13.7. The van der Waals surface area contributed by atoms with E-state index in [4.69, 9.17) is 23.8 Å². The molecule has 0 bridgehead atoms. The van der Waals surface area contributed by atoms with E-state index >= 15 is 0 Å². The van der Waals surface area contributed by atoms with Crippen LogP contribution in [0.2, 0.25) is 5.02 Å². The van der Waals surface area contributed by atoms with Crippen molar-refractivity contribution in [3.63, 3.8) is 0 Å². The molecule has 0 radical (unpaired) electrons. The summed E-state index contributed by atoms with van der Waals surface area (Å²) in [5.74, 6) is -0.431. The van der Waals surface area contributed by atoms with Gasteiger partial charge in [0.15, 0.2) is 4.77 Å². The average molecular weight is 467 g/mol. The molecule has 0 fully saturated rings. The molecule has 0 unspecified atom stereocenters. The van der Waals surface area contributed by atoms with Crippen molar-refractivity contribution in [1.29, 1.82) is 0 Å². The Kier molecular flexibility index (Phi) is 6.07. The lowest BCUT2D eigenvalue weighted by molar-refractivity contribution is -0.118. The van der Waals surface area contributed by atoms with Gasteiger partial charge in [0.1, 0.15) is 5.56 Å². The molecule has 0 saturated heterocycles. The second kappa shape index (κ2) is 8.94. The summed E-state index contributed by atoms with van der Waals surface area (Å²) in [4.78, 5) is 31.2. The van der Waals surface area contributed by atoms with Crippen molar-refractivity contribution in [3.05, 3.63) is 90.5 Å². The molecule has 2 heterocycles. The zero-order valence-corrected chi connectivity index (χ0v) is 18.6. The zero-order chi connectivity index (χ0) is 22.8. The maximum atomic E-state index is 12.7. The molecule has 1 aromatic heterocycles. The lowest BCUT2D eigenvalue weighted by Crippen LogP contribution is -2.25. The second-order valence-electron chi connectivity index (χ2n) is 7.18. The number of aromatic hydroxyl groups is 1. The standard InChI is InChI=1S/C23H19ClN4O3S/c1-13(29)25-11-10-17-16-4-2-3-5-19(16)26-20(17)12-18-21(30)27-23(32)28(22(18)31)15-8-6-14(24)7-9-15/h2-9,12,31H,10-11H2,1H3,(H,25,29)(H,27,30,32). The van der Waals surface area contributed by atoms with Gasteiger partial charge in [-0.15, -0.1) is 0 Å². The van der Waals surface area contributed by atoms with Crippen molar-refractivity contribution in [2.45, 2.75) is 13.3 Å². The average Bonchev–Trinajstić information content (AvgIpc) is 3.09. The number of allylic oxidation sites excluding steroid dienone is 1. The number of aromatic amines is 1. The van der Waals surface area contributed by atoms with E-state index in [0.717, 1.165) is 16.1 Å². The first-order chi connectivity index (χ1) is 15.3. The van der Waals surface area contributed by atoms with Gasteiger partial charge >= 0.3 is 0 Å². The lowest BCUT2D eigenvalue weighted by Gasteiger charge is -2.12. The van der Waals surface area contributed by atoms with Crippen molar-refractivity contribution < 1.29 is 9.90 Å². The summed E-state index contributed by atoms with van der Waals surface area (Å²) in [6.07, 6.45) is 2.05. The maximum absolute atomic E-state index is 12.7. The molecular formula is C23H19ClN4O3S. The Morgan fingerprint density at radius 2 is 1.97 bits per heavy atom. The fourth-order valence-corrected chi connectivity index (χ4v) is 3.95. The van der Waals surface area contributed by atoms with Crippen molar-refractivity contribution in [1.82, 2.24) is 14.9 Å². The quantitative estimate of drug-likeness (QED) is 0.503. The highest BCUT2D eigenvalue weighted by molar-refractivity contribution is 7.71. The minimum atomic E-state index is -0.530. The van der Waals surface area contributed by atoms with Crippen LogP contribution in [-0.2, 0) is 4.79 Å². The number of carbonyl (C=O) groups is 1. The van der Waals surface area contributed by atoms with E-state index in [2.05, 4.69) is 15.3 Å². The van der Waals surface area contributed by atoms with Crippen LogP contribution in [0.3, 0.4) is 0 Å². The molecule has 1 aliphatic rings. The highest BCUT2D eigenvalue weighted by Gasteiger charge is 2.17. The molecule has 7 nitrogen and oxygen atoms in total. The maximum Gasteiger partial charge on any atom is 0.262 e. The molecule has 162 valence electrons. The monoisotopic (exact) mass is 466 g/mol. The number of hydrogen-bond donors (Lipinski definition) is 3. The highest BCUT2D eigenvalue weighted by Crippen LogP contribution is 2.26. The van der Waals surface area contributed by atoms with Crippen molar-refractivity contribution in [2.24, 2.45) is 4.99 Å². The summed E-state index contributed by atoms with van der Waals surface area (Å²) < 4.78 is 1.41. The minimum absolute atomic E-state index is 0.0251. The van der Waals surface area contributed by atoms with Crippen LogP contribution in [0.25, 0.3) is 17.3 Å². The summed E-state index contributed by atoms with van der Waals surface area (Å²) in [5.41, 5.74) is 1.45. The number of rotatable bonds is 5. The number of para-hydroxylation sites is 1. The van der Waals surface area contributed by atoms with Gasteiger partial charge in [-0.2, -0.15) is 0 Å². The number of aromatic nitrogens is 2. The van der Waals surface area contributed by atoms with Crippen molar-refractivity contribution in [2.75, 3.05) is 6.54 Å². The Balaban J connectivity index is 1.86. The number of H-pyrrole nitrogens is 1. The smallest absolute Gasteiger partial charge is 0.262 e. The molecule has 3 aromatic rings. The number of fused-ring (bicyclic) bond motifs is 1. The predicted molar refractivity (Wildman–Crippen MR) is 126 cm³/mol. The third kappa shape index (κ3) is 4.28.